The SMILES string of the molecule is CCOc1cc([C@H]2C(C#N)=C(N)Oc3n[nH]c(-c4ccc5c(c4)OCO5)c32)ccc1O. The molecule has 9 heteroatoms. The maximum absolute atomic E-state index is 10.1. The molecule has 0 saturated heterocycles. The van der Waals surface area contributed by atoms with Gasteiger partial charge in [-0.15, -0.1) is 5.10 Å². The number of rotatable bonds is 4. The van der Waals surface area contributed by atoms with Crippen LogP contribution in [0.4, 0.5) is 0 Å². The smallest absolute Gasteiger partial charge is 0.244 e. The highest BCUT2D eigenvalue weighted by molar-refractivity contribution is 5.73. The van der Waals surface area contributed by atoms with E-state index in [1.165, 1.54) is 6.07 Å². The number of benzene rings is 2. The molecule has 1 atom stereocenters. The molecule has 1 aromatic heterocycles. The zero-order valence-electron chi connectivity index (χ0n) is 16.5. The van der Waals surface area contributed by atoms with E-state index in [-0.39, 0.29) is 29.9 Å². The number of nitrogens with one attached hydrogen (secondary N) is 1. The molecule has 0 unspecified atom stereocenters. The van der Waals surface area contributed by atoms with Gasteiger partial charge in [0.1, 0.15) is 11.6 Å². The van der Waals surface area contributed by atoms with E-state index < -0.39 is 5.92 Å². The molecule has 3 aromatic rings. The Balaban J connectivity index is 1.69. The first-order chi connectivity index (χ1) is 15.1. The van der Waals surface area contributed by atoms with Crippen molar-refractivity contribution < 1.29 is 24.1 Å². The van der Waals surface area contributed by atoms with Crippen molar-refractivity contribution in [2.45, 2.75) is 12.8 Å². The van der Waals surface area contributed by atoms with Gasteiger partial charge in [-0.05, 0) is 42.8 Å². The third kappa shape index (κ3) is 2.97. The van der Waals surface area contributed by atoms with E-state index in [0.717, 1.165) is 5.56 Å². The van der Waals surface area contributed by atoms with Crippen LogP contribution in [0, 0.1) is 11.3 Å². The van der Waals surface area contributed by atoms with Crippen LogP contribution >= 0.6 is 0 Å². The van der Waals surface area contributed by atoms with Crippen LogP contribution in [0.2, 0.25) is 0 Å². The number of H-pyrrole nitrogens is 1. The maximum atomic E-state index is 10.1. The summed E-state index contributed by atoms with van der Waals surface area (Å²) < 4.78 is 22.1. The second-order valence-corrected chi connectivity index (χ2v) is 6.97. The van der Waals surface area contributed by atoms with Gasteiger partial charge in [0.2, 0.25) is 18.6 Å². The Bertz CT molecular complexity index is 1260. The number of aromatic nitrogens is 2. The topological polar surface area (TPSA) is 136 Å². The molecule has 0 fully saturated rings. The molecular weight excluding hydrogens is 400 g/mol. The minimum Gasteiger partial charge on any atom is -0.504 e. The number of nitrogens with two attached hydrogens (primary N) is 1. The lowest BCUT2D eigenvalue weighted by atomic mass is 9.83. The quantitative estimate of drug-likeness (QED) is 0.588. The lowest BCUT2D eigenvalue weighted by Gasteiger charge is -2.24. The van der Waals surface area contributed by atoms with E-state index in [9.17, 15) is 10.4 Å². The molecule has 156 valence electrons. The van der Waals surface area contributed by atoms with Crippen molar-refractivity contribution in [3.05, 3.63) is 59.0 Å². The van der Waals surface area contributed by atoms with Gasteiger partial charge >= 0.3 is 0 Å². The highest BCUT2D eigenvalue weighted by Gasteiger charge is 2.36. The summed E-state index contributed by atoms with van der Waals surface area (Å²) in [5, 5.41) is 27.2. The van der Waals surface area contributed by atoms with E-state index in [1.807, 2.05) is 25.1 Å². The van der Waals surface area contributed by atoms with Crippen molar-refractivity contribution in [3.63, 3.8) is 0 Å². The number of aromatic amines is 1. The number of ether oxygens (including phenoxy) is 4. The summed E-state index contributed by atoms with van der Waals surface area (Å²) >= 11 is 0. The van der Waals surface area contributed by atoms with Gasteiger partial charge in [0, 0.05) is 5.56 Å². The van der Waals surface area contributed by atoms with E-state index in [4.69, 9.17) is 24.7 Å². The number of nitrogens with zero attached hydrogens (tertiary/aromatic N) is 2. The molecule has 0 saturated carbocycles. The highest BCUT2D eigenvalue weighted by Crippen LogP contribution is 2.48. The molecule has 4 N–H and O–H groups in total. The van der Waals surface area contributed by atoms with Crippen LogP contribution < -0.4 is 24.7 Å². The summed E-state index contributed by atoms with van der Waals surface area (Å²) in [6.07, 6.45) is 0. The third-order valence-corrected chi connectivity index (χ3v) is 5.22. The first kappa shape index (κ1) is 18.7. The van der Waals surface area contributed by atoms with Crippen LogP contribution in [0.1, 0.15) is 24.0 Å². The Morgan fingerprint density at radius 1 is 1.26 bits per heavy atom. The number of hydrogen-bond donors (Lipinski definition) is 3. The fraction of sp³-hybridized carbons (Fsp3) is 0.182. The second-order valence-electron chi connectivity index (χ2n) is 6.97. The molecule has 0 amide bonds. The number of aromatic hydroxyl groups is 1. The molecule has 2 aliphatic heterocycles. The Morgan fingerprint density at radius 3 is 2.90 bits per heavy atom. The van der Waals surface area contributed by atoms with Crippen molar-refractivity contribution in [3.8, 4) is 46.2 Å². The van der Waals surface area contributed by atoms with Crippen LogP contribution in [-0.2, 0) is 0 Å². The predicted molar refractivity (Wildman–Crippen MR) is 109 cm³/mol. The molecule has 0 spiro atoms. The summed E-state index contributed by atoms with van der Waals surface area (Å²) in [5.41, 5.74) is 9.08. The third-order valence-electron chi connectivity index (χ3n) is 5.22. The minimum absolute atomic E-state index is 0.0107. The van der Waals surface area contributed by atoms with E-state index in [0.29, 0.717) is 40.7 Å². The van der Waals surface area contributed by atoms with Crippen molar-refractivity contribution in [1.82, 2.24) is 10.2 Å². The van der Waals surface area contributed by atoms with Crippen LogP contribution in [-0.4, -0.2) is 28.7 Å². The Hall–Kier alpha value is -4.32. The van der Waals surface area contributed by atoms with E-state index in [1.54, 1.807) is 12.1 Å². The lowest BCUT2D eigenvalue weighted by molar-refractivity contribution is 0.174. The summed E-state index contributed by atoms with van der Waals surface area (Å²) in [4.78, 5) is 0. The van der Waals surface area contributed by atoms with Gasteiger partial charge < -0.3 is 29.8 Å². The molecule has 5 rings (SSSR count). The standard InChI is InChI=1S/C22H18N4O5/c1-2-28-16-7-11(3-5-14(16)27)18-13(9-23)21(24)31-22-19(18)20(25-26-22)12-4-6-15-17(8-12)30-10-29-15/h3-8,18,27H,2,10,24H2,1H3,(H,25,26)/t18-/m0/s1. The molecule has 9 nitrogen and oxygen atoms in total. The predicted octanol–water partition coefficient (Wildman–Crippen LogP) is 3.13. The van der Waals surface area contributed by atoms with Gasteiger partial charge in [-0.2, -0.15) is 5.26 Å². The summed E-state index contributed by atoms with van der Waals surface area (Å²) in [7, 11) is 0. The van der Waals surface area contributed by atoms with Crippen molar-refractivity contribution in [1.29, 1.82) is 5.26 Å². The number of phenols is 1. The van der Waals surface area contributed by atoms with Crippen LogP contribution in [0.25, 0.3) is 11.3 Å². The molecular formula is C22H18N4O5. The van der Waals surface area contributed by atoms with Gasteiger partial charge in [0.05, 0.1) is 23.8 Å². The molecule has 3 heterocycles. The number of nitriles is 1. The number of fused-ring (bicyclic) bond motifs is 2. The number of allylic oxidation sites excluding steroid dienone is 1. The fourth-order valence-electron chi connectivity index (χ4n) is 3.83. The zero-order chi connectivity index (χ0) is 21.5. The first-order valence-corrected chi connectivity index (χ1v) is 9.62. The monoisotopic (exact) mass is 418 g/mol. The van der Waals surface area contributed by atoms with Crippen LogP contribution in [0.15, 0.2) is 47.9 Å². The van der Waals surface area contributed by atoms with E-state index in [2.05, 4.69) is 16.3 Å². The minimum atomic E-state index is -0.576. The molecule has 0 aliphatic carbocycles. The largest absolute Gasteiger partial charge is 0.504 e. The average molecular weight is 418 g/mol. The van der Waals surface area contributed by atoms with Crippen molar-refractivity contribution in [2.24, 2.45) is 5.73 Å². The first-order valence-electron chi connectivity index (χ1n) is 9.62. The average Bonchev–Trinajstić information content (AvgIpc) is 3.40. The molecule has 31 heavy (non-hydrogen) atoms. The molecule has 2 aliphatic rings. The fourth-order valence-corrected chi connectivity index (χ4v) is 3.83. The zero-order valence-corrected chi connectivity index (χ0v) is 16.5. The van der Waals surface area contributed by atoms with Gasteiger partial charge in [-0.1, -0.05) is 6.07 Å². The Morgan fingerprint density at radius 2 is 2.10 bits per heavy atom. The number of hydrogen-bond acceptors (Lipinski definition) is 8. The van der Waals surface area contributed by atoms with Crippen molar-refractivity contribution >= 4 is 0 Å². The highest BCUT2D eigenvalue weighted by atomic mass is 16.7. The molecule has 0 bridgehead atoms. The molecule has 0 radical (unpaired) electrons. The second kappa shape index (κ2) is 7.18. The van der Waals surface area contributed by atoms with Crippen LogP contribution in [0.5, 0.6) is 28.9 Å². The van der Waals surface area contributed by atoms with Gasteiger partial charge in [-0.25, -0.2) is 0 Å². The van der Waals surface area contributed by atoms with Gasteiger partial charge in [-0.3, -0.25) is 5.10 Å². The van der Waals surface area contributed by atoms with E-state index >= 15 is 0 Å². The van der Waals surface area contributed by atoms with Crippen molar-refractivity contribution in [2.75, 3.05) is 13.4 Å². The lowest BCUT2D eigenvalue weighted by Crippen LogP contribution is -2.21. The van der Waals surface area contributed by atoms with Gasteiger partial charge in [0.25, 0.3) is 0 Å². The molecule has 2 aromatic carbocycles. The Labute approximate surface area is 177 Å². The maximum Gasteiger partial charge on any atom is 0.244 e. The summed E-state index contributed by atoms with van der Waals surface area (Å²) in [6, 6.07) is 12.6. The van der Waals surface area contributed by atoms with Crippen LogP contribution in [0.3, 0.4) is 0 Å². The number of phenolic OH excluding ortho intramolecular Hbond substituents is 1. The summed E-state index contributed by atoms with van der Waals surface area (Å²) in [5.74, 6) is 1.29. The summed E-state index contributed by atoms with van der Waals surface area (Å²) in [6.45, 7) is 2.37. The Kier molecular flexibility index (Phi) is 4.33. The van der Waals surface area contributed by atoms with Gasteiger partial charge in [0.15, 0.2) is 23.0 Å². The normalized spacial score (nSPS) is 16.5.